The summed E-state index contributed by atoms with van der Waals surface area (Å²) < 4.78 is 0. The fourth-order valence-electron chi connectivity index (χ4n) is 2.26. The average Bonchev–Trinajstić information content (AvgIpc) is 2.44. The van der Waals surface area contributed by atoms with Gasteiger partial charge in [0.15, 0.2) is 0 Å². The molecule has 1 heterocycles. The molecule has 1 aliphatic rings. The summed E-state index contributed by atoms with van der Waals surface area (Å²) in [6, 6.07) is 9.31. The van der Waals surface area contributed by atoms with Crippen LogP contribution in [0.2, 0.25) is 0 Å². The minimum atomic E-state index is 0.640. The first-order chi connectivity index (χ1) is 7.29. The number of rotatable bonds is 1. The molecular weight excluding hydrogens is 184 g/mol. The molecule has 82 valence electrons. The van der Waals surface area contributed by atoms with Crippen LogP contribution in [0.25, 0.3) is 0 Å². The van der Waals surface area contributed by atoms with Gasteiger partial charge in [-0.25, -0.2) is 0 Å². The summed E-state index contributed by atoms with van der Waals surface area (Å²) in [4.78, 5) is 2.52. The van der Waals surface area contributed by atoms with Crippen LogP contribution in [0.1, 0.15) is 18.9 Å². The summed E-state index contributed by atoms with van der Waals surface area (Å²) >= 11 is 0. The van der Waals surface area contributed by atoms with E-state index in [4.69, 9.17) is 0 Å². The van der Waals surface area contributed by atoms with Crippen molar-refractivity contribution in [3.05, 3.63) is 29.8 Å². The van der Waals surface area contributed by atoms with Crippen molar-refractivity contribution in [1.29, 1.82) is 0 Å². The minimum Gasteiger partial charge on any atom is -0.367 e. The molecule has 1 N–H and O–H groups in total. The Balaban J connectivity index is 2.24. The van der Waals surface area contributed by atoms with E-state index in [0.29, 0.717) is 6.04 Å². The van der Waals surface area contributed by atoms with Crippen LogP contribution >= 0.6 is 0 Å². The zero-order valence-electron chi connectivity index (χ0n) is 9.66. The smallest absolute Gasteiger partial charge is 0.0398 e. The highest BCUT2D eigenvalue weighted by molar-refractivity contribution is 5.53. The number of anilines is 1. The van der Waals surface area contributed by atoms with Crippen LogP contribution in [0.3, 0.4) is 0 Å². The Morgan fingerprint density at radius 1 is 1.27 bits per heavy atom. The van der Waals surface area contributed by atoms with Crippen molar-refractivity contribution in [2.45, 2.75) is 26.3 Å². The maximum atomic E-state index is 3.46. The molecule has 15 heavy (non-hydrogen) atoms. The molecule has 0 bridgehead atoms. The predicted octanol–water partition coefficient (Wildman–Crippen LogP) is 2.18. The van der Waals surface area contributed by atoms with Crippen LogP contribution in [-0.4, -0.2) is 25.7 Å². The van der Waals surface area contributed by atoms with Gasteiger partial charge in [-0.15, -0.1) is 0 Å². The predicted molar refractivity (Wildman–Crippen MR) is 65.5 cm³/mol. The summed E-state index contributed by atoms with van der Waals surface area (Å²) in [6.07, 6.45) is 1.23. The molecule has 2 nitrogen and oxygen atoms in total. The van der Waals surface area contributed by atoms with Crippen molar-refractivity contribution < 1.29 is 0 Å². The van der Waals surface area contributed by atoms with Crippen molar-refractivity contribution in [3.63, 3.8) is 0 Å². The molecule has 2 heteroatoms. The fourth-order valence-corrected chi connectivity index (χ4v) is 2.26. The van der Waals surface area contributed by atoms with Crippen LogP contribution in [0.5, 0.6) is 0 Å². The first-order valence-corrected chi connectivity index (χ1v) is 5.82. The molecule has 0 saturated carbocycles. The Labute approximate surface area is 92.3 Å². The second-order valence-corrected chi connectivity index (χ2v) is 4.37. The highest BCUT2D eigenvalue weighted by Crippen LogP contribution is 2.22. The quantitative estimate of drug-likeness (QED) is 0.754. The Bertz CT molecular complexity index is 322. The molecule has 0 aliphatic carbocycles. The Morgan fingerprint density at radius 3 is 2.87 bits per heavy atom. The maximum absolute atomic E-state index is 3.46. The summed E-state index contributed by atoms with van der Waals surface area (Å²) in [5.74, 6) is 0. The molecule has 2 rings (SSSR count). The third kappa shape index (κ3) is 2.32. The van der Waals surface area contributed by atoms with E-state index in [1.165, 1.54) is 17.7 Å². The summed E-state index contributed by atoms with van der Waals surface area (Å²) in [7, 11) is 0. The van der Waals surface area contributed by atoms with Gasteiger partial charge in [-0.1, -0.05) is 18.2 Å². The summed E-state index contributed by atoms with van der Waals surface area (Å²) in [5, 5.41) is 3.46. The monoisotopic (exact) mass is 204 g/mol. The molecular formula is C13H20N2. The lowest BCUT2D eigenvalue weighted by Gasteiger charge is -2.30. The Morgan fingerprint density at radius 2 is 2.07 bits per heavy atom. The van der Waals surface area contributed by atoms with Gasteiger partial charge in [0.05, 0.1) is 0 Å². The van der Waals surface area contributed by atoms with Crippen molar-refractivity contribution in [1.82, 2.24) is 5.32 Å². The molecule has 0 amide bonds. The molecule has 1 aromatic rings. The number of hydrogen-bond donors (Lipinski definition) is 1. The molecule has 1 aliphatic heterocycles. The van der Waals surface area contributed by atoms with E-state index in [1.54, 1.807) is 0 Å². The largest absolute Gasteiger partial charge is 0.367 e. The van der Waals surface area contributed by atoms with Crippen molar-refractivity contribution in [3.8, 4) is 0 Å². The van der Waals surface area contributed by atoms with Gasteiger partial charge < -0.3 is 10.2 Å². The van der Waals surface area contributed by atoms with Gasteiger partial charge in [0.25, 0.3) is 0 Å². The van der Waals surface area contributed by atoms with Crippen molar-refractivity contribution in [2.24, 2.45) is 0 Å². The van der Waals surface area contributed by atoms with E-state index in [1.807, 2.05) is 0 Å². The third-order valence-corrected chi connectivity index (χ3v) is 3.23. The van der Waals surface area contributed by atoms with Gasteiger partial charge >= 0.3 is 0 Å². The SMILES string of the molecule is Cc1ccccc1N1CCNCCC1C. The lowest BCUT2D eigenvalue weighted by Crippen LogP contribution is -2.34. The topological polar surface area (TPSA) is 15.3 Å². The Kier molecular flexibility index (Phi) is 3.27. The lowest BCUT2D eigenvalue weighted by molar-refractivity contribution is 0.630. The second-order valence-electron chi connectivity index (χ2n) is 4.37. The summed E-state index contributed by atoms with van der Waals surface area (Å²) in [6.45, 7) is 7.87. The average molecular weight is 204 g/mol. The minimum absolute atomic E-state index is 0.640. The molecule has 1 unspecified atom stereocenters. The van der Waals surface area contributed by atoms with Gasteiger partial charge in [0.2, 0.25) is 0 Å². The molecule has 1 saturated heterocycles. The van der Waals surface area contributed by atoms with Crippen molar-refractivity contribution >= 4 is 5.69 Å². The second kappa shape index (κ2) is 4.67. The molecule has 1 fully saturated rings. The van der Waals surface area contributed by atoms with Crippen molar-refractivity contribution in [2.75, 3.05) is 24.5 Å². The van der Waals surface area contributed by atoms with Crippen LogP contribution in [-0.2, 0) is 0 Å². The van der Waals surface area contributed by atoms with E-state index < -0.39 is 0 Å². The zero-order valence-corrected chi connectivity index (χ0v) is 9.66. The number of para-hydroxylation sites is 1. The first-order valence-electron chi connectivity index (χ1n) is 5.82. The van der Waals surface area contributed by atoms with E-state index in [0.717, 1.165) is 19.6 Å². The third-order valence-electron chi connectivity index (χ3n) is 3.23. The standard InChI is InChI=1S/C13H20N2/c1-11-5-3-4-6-13(11)15-10-9-14-8-7-12(15)2/h3-6,12,14H,7-10H2,1-2H3. The van der Waals surface area contributed by atoms with E-state index in [2.05, 4.69) is 48.3 Å². The number of hydrogen-bond acceptors (Lipinski definition) is 2. The molecule has 0 radical (unpaired) electrons. The number of benzene rings is 1. The molecule has 0 aromatic heterocycles. The lowest BCUT2D eigenvalue weighted by atomic mass is 10.1. The van der Waals surface area contributed by atoms with E-state index >= 15 is 0 Å². The van der Waals surface area contributed by atoms with E-state index in [-0.39, 0.29) is 0 Å². The highest BCUT2D eigenvalue weighted by Gasteiger charge is 2.17. The van der Waals surface area contributed by atoms with Gasteiger partial charge in [-0.05, 0) is 38.4 Å². The van der Waals surface area contributed by atoms with Crippen LogP contribution in [0.15, 0.2) is 24.3 Å². The van der Waals surface area contributed by atoms with Crippen LogP contribution in [0, 0.1) is 6.92 Å². The highest BCUT2D eigenvalue weighted by atomic mass is 15.2. The summed E-state index contributed by atoms with van der Waals surface area (Å²) in [5.41, 5.74) is 2.78. The first kappa shape index (κ1) is 10.5. The maximum Gasteiger partial charge on any atom is 0.0398 e. The normalized spacial score (nSPS) is 22.5. The molecule has 0 spiro atoms. The van der Waals surface area contributed by atoms with Gasteiger partial charge in [-0.3, -0.25) is 0 Å². The number of nitrogens with zero attached hydrogens (tertiary/aromatic N) is 1. The molecule has 1 atom stereocenters. The van der Waals surface area contributed by atoms with E-state index in [9.17, 15) is 0 Å². The fraction of sp³-hybridized carbons (Fsp3) is 0.538. The van der Waals surface area contributed by atoms with Crippen LogP contribution in [0.4, 0.5) is 5.69 Å². The van der Waals surface area contributed by atoms with Gasteiger partial charge in [0.1, 0.15) is 0 Å². The van der Waals surface area contributed by atoms with Crippen LogP contribution < -0.4 is 10.2 Å². The number of aryl methyl sites for hydroxylation is 1. The Hall–Kier alpha value is -1.02. The number of nitrogens with one attached hydrogen (secondary N) is 1. The van der Waals surface area contributed by atoms with Gasteiger partial charge in [-0.2, -0.15) is 0 Å². The zero-order chi connectivity index (χ0) is 10.7. The molecule has 1 aromatic carbocycles. The van der Waals surface area contributed by atoms with Gasteiger partial charge in [0, 0.05) is 24.8 Å².